The summed E-state index contributed by atoms with van der Waals surface area (Å²) in [4.78, 5) is 13.1. The molecule has 80 valence electrons. The van der Waals surface area contributed by atoms with Crippen molar-refractivity contribution in [2.24, 2.45) is 5.73 Å². The monoisotopic (exact) mass is 208 g/mol. The van der Waals surface area contributed by atoms with Gasteiger partial charge in [-0.2, -0.15) is 0 Å². The van der Waals surface area contributed by atoms with E-state index in [9.17, 15) is 9.18 Å². The Morgan fingerprint density at radius 1 is 1.47 bits per heavy atom. The van der Waals surface area contributed by atoms with Crippen LogP contribution < -0.4 is 10.6 Å². The molecule has 0 bridgehead atoms. The summed E-state index contributed by atoms with van der Waals surface area (Å²) in [5, 5.41) is 0. The van der Waals surface area contributed by atoms with Gasteiger partial charge in [0, 0.05) is 19.0 Å². The van der Waals surface area contributed by atoms with Crippen molar-refractivity contribution in [2.75, 3.05) is 11.4 Å². The zero-order valence-electron chi connectivity index (χ0n) is 8.32. The summed E-state index contributed by atoms with van der Waals surface area (Å²) in [5.74, 6) is -0.415. The van der Waals surface area contributed by atoms with Crippen LogP contribution in [0, 0.1) is 5.82 Å². The van der Waals surface area contributed by atoms with Crippen LogP contribution in [0.3, 0.4) is 0 Å². The van der Waals surface area contributed by atoms with Gasteiger partial charge in [0.05, 0.1) is 5.69 Å². The third-order valence-electron chi connectivity index (χ3n) is 2.71. The van der Waals surface area contributed by atoms with E-state index in [2.05, 4.69) is 0 Å². The van der Waals surface area contributed by atoms with Crippen LogP contribution in [0.5, 0.6) is 0 Å². The maximum Gasteiger partial charge on any atom is 0.227 e. The summed E-state index contributed by atoms with van der Waals surface area (Å²) in [5.41, 5.74) is 5.90. The van der Waals surface area contributed by atoms with Crippen LogP contribution >= 0.6 is 0 Å². The number of benzene rings is 1. The van der Waals surface area contributed by atoms with Gasteiger partial charge in [-0.1, -0.05) is 12.1 Å². The van der Waals surface area contributed by atoms with Crippen LogP contribution in [0.4, 0.5) is 10.1 Å². The third-order valence-corrected chi connectivity index (χ3v) is 2.71. The first-order valence-corrected chi connectivity index (χ1v) is 5.00. The topological polar surface area (TPSA) is 46.3 Å². The highest BCUT2D eigenvalue weighted by molar-refractivity contribution is 5.96. The first-order chi connectivity index (χ1) is 7.24. The van der Waals surface area contributed by atoms with E-state index in [1.165, 1.54) is 11.0 Å². The van der Waals surface area contributed by atoms with Gasteiger partial charge in [-0.05, 0) is 18.6 Å². The molecule has 15 heavy (non-hydrogen) atoms. The molecular weight excluding hydrogens is 195 g/mol. The summed E-state index contributed by atoms with van der Waals surface area (Å²) in [6.07, 6.45) is 1.17. The number of rotatable bonds is 2. The molecule has 1 fully saturated rings. The Bertz CT molecular complexity index is 381. The Morgan fingerprint density at radius 2 is 2.20 bits per heavy atom. The van der Waals surface area contributed by atoms with Crippen molar-refractivity contribution in [3.63, 3.8) is 0 Å². The number of halogens is 1. The molecular formula is C11H13FN2O. The lowest BCUT2D eigenvalue weighted by atomic mass is 10.2. The Kier molecular flexibility index (Phi) is 2.68. The molecule has 1 aromatic carbocycles. The Hall–Kier alpha value is -1.42. The number of hydrogen-bond donors (Lipinski definition) is 1. The number of para-hydroxylation sites is 1. The van der Waals surface area contributed by atoms with Crippen molar-refractivity contribution >= 4 is 11.6 Å². The van der Waals surface area contributed by atoms with Crippen LogP contribution in [0.25, 0.3) is 0 Å². The SMILES string of the molecule is NCC1CCC(=O)N1c1ccccc1F. The molecule has 1 amide bonds. The zero-order valence-corrected chi connectivity index (χ0v) is 8.32. The van der Waals surface area contributed by atoms with E-state index >= 15 is 0 Å². The molecule has 2 N–H and O–H groups in total. The molecule has 4 heteroatoms. The highest BCUT2D eigenvalue weighted by atomic mass is 19.1. The Balaban J connectivity index is 2.36. The molecule has 0 aromatic heterocycles. The minimum Gasteiger partial charge on any atom is -0.328 e. The molecule has 1 aliphatic heterocycles. The van der Waals surface area contributed by atoms with Crippen molar-refractivity contribution in [3.05, 3.63) is 30.1 Å². The van der Waals surface area contributed by atoms with Gasteiger partial charge in [0.15, 0.2) is 0 Å². The van der Waals surface area contributed by atoms with Gasteiger partial charge >= 0.3 is 0 Å². The Labute approximate surface area is 87.7 Å². The van der Waals surface area contributed by atoms with Gasteiger partial charge in [0.25, 0.3) is 0 Å². The number of nitrogens with zero attached hydrogens (tertiary/aromatic N) is 1. The molecule has 0 radical (unpaired) electrons. The van der Waals surface area contributed by atoms with Crippen molar-refractivity contribution in [1.82, 2.24) is 0 Å². The largest absolute Gasteiger partial charge is 0.328 e. The predicted molar refractivity (Wildman–Crippen MR) is 56.0 cm³/mol. The molecule has 0 aliphatic carbocycles. The molecule has 1 aromatic rings. The summed E-state index contributed by atoms with van der Waals surface area (Å²) >= 11 is 0. The second-order valence-electron chi connectivity index (χ2n) is 3.64. The lowest BCUT2D eigenvalue weighted by Crippen LogP contribution is -2.38. The number of anilines is 1. The van der Waals surface area contributed by atoms with E-state index < -0.39 is 0 Å². The molecule has 1 saturated heterocycles. The second kappa shape index (κ2) is 3.98. The lowest BCUT2D eigenvalue weighted by Gasteiger charge is -2.23. The van der Waals surface area contributed by atoms with Crippen molar-refractivity contribution < 1.29 is 9.18 Å². The van der Waals surface area contributed by atoms with Gasteiger partial charge in [0.2, 0.25) is 5.91 Å². The van der Waals surface area contributed by atoms with E-state index in [1.54, 1.807) is 18.2 Å². The quantitative estimate of drug-likeness (QED) is 0.795. The second-order valence-corrected chi connectivity index (χ2v) is 3.64. The molecule has 3 nitrogen and oxygen atoms in total. The molecule has 2 rings (SSSR count). The number of amides is 1. The maximum absolute atomic E-state index is 13.5. The summed E-state index contributed by atoms with van der Waals surface area (Å²) in [7, 11) is 0. The van der Waals surface area contributed by atoms with Gasteiger partial charge in [-0.3, -0.25) is 4.79 Å². The molecule has 1 heterocycles. The third kappa shape index (κ3) is 1.72. The first kappa shape index (κ1) is 10.1. The van der Waals surface area contributed by atoms with Crippen LogP contribution in [0.1, 0.15) is 12.8 Å². The van der Waals surface area contributed by atoms with Crippen LogP contribution in [-0.2, 0) is 4.79 Å². The zero-order chi connectivity index (χ0) is 10.8. The Morgan fingerprint density at radius 3 is 2.87 bits per heavy atom. The maximum atomic E-state index is 13.5. The van der Waals surface area contributed by atoms with E-state index in [-0.39, 0.29) is 17.8 Å². The van der Waals surface area contributed by atoms with Gasteiger partial charge in [-0.15, -0.1) is 0 Å². The van der Waals surface area contributed by atoms with E-state index in [4.69, 9.17) is 5.73 Å². The summed E-state index contributed by atoms with van der Waals surface area (Å²) < 4.78 is 13.5. The van der Waals surface area contributed by atoms with E-state index in [0.717, 1.165) is 0 Å². The standard InChI is InChI=1S/C11H13FN2O/c12-9-3-1-2-4-10(9)14-8(7-13)5-6-11(14)15/h1-4,8H,5-7,13H2. The van der Waals surface area contributed by atoms with Crippen LogP contribution in [0.2, 0.25) is 0 Å². The van der Waals surface area contributed by atoms with Gasteiger partial charge in [0.1, 0.15) is 5.82 Å². The fourth-order valence-electron chi connectivity index (χ4n) is 1.94. The van der Waals surface area contributed by atoms with Gasteiger partial charge < -0.3 is 10.6 Å². The lowest BCUT2D eigenvalue weighted by molar-refractivity contribution is -0.117. The fourth-order valence-corrected chi connectivity index (χ4v) is 1.94. The molecule has 1 unspecified atom stereocenters. The number of carbonyl (C=O) groups is 1. The minimum absolute atomic E-state index is 0.0458. The number of hydrogen-bond acceptors (Lipinski definition) is 2. The average molecular weight is 208 g/mol. The molecule has 0 spiro atoms. The number of nitrogens with two attached hydrogens (primary N) is 1. The molecule has 1 atom stereocenters. The highest BCUT2D eigenvalue weighted by Crippen LogP contribution is 2.28. The molecule has 1 aliphatic rings. The average Bonchev–Trinajstić information content (AvgIpc) is 2.60. The van der Waals surface area contributed by atoms with E-state index in [1.807, 2.05) is 0 Å². The van der Waals surface area contributed by atoms with Crippen molar-refractivity contribution in [3.8, 4) is 0 Å². The smallest absolute Gasteiger partial charge is 0.227 e. The van der Waals surface area contributed by atoms with Crippen molar-refractivity contribution in [1.29, 1.82) is 0 Å². The fraction of sp³-hybridized carbons (Fsp3) is 0.364. The van der Waals surface area contributed by atoms with Crippen LogP contribution in [0.15, 0.2) is 24.3 Å². The van der Waals surface area contributed by atoms with E-state index in [0.29, 0.717) is 25.1 Å². The first-order valence-electron chi connectivity index (χ1n) is 5.00. The normalized spacial score (nSPS) is 21.1. The molecule has 0 saturated carbocycles. The van der Waals surface area contributed by atoms with Gasteiger partial charge in [-0.25, -0.2) is 4.39 Å². The van der Waals surface area contributed by atoms with Crippen molar-refractivity contribution in [2.45, 2.75) is 18.9 Å². The predicted octanol–water partition coefficient (Wildman–Crippen LogP) is 1.28. The summed E-state index contributed by atoms with van der Waals surface area (Å²) in [6.45, 7) is 0.375. The summed E-state index contributed by atoms with van der Waals surface area (Å²) in [6, 6.07) is 6.24. The number of carbonyl (C=O) groups excluding carboxylic acids is 1. The highest BCUT2D eigenvalue weighted by Gasteiger charge is 2.32. The minimum atomic E-state index is -0.369. The van der Waals surface area contributed by atoms with Crippen LogP contribution in [-0.4, -0.2) is 18.5 Å².